The third-order valence-corrected chi connectivity index (χ3v) is 3.77. The predicted molar refractivity (Wildman–Crippen MR) is 97.0 cm³/mol. The minimum atomic E-state index is -0.953. The van der Waals surface area contributed by atoms with Crippen molar-refractivity contribution >= 4 is 23.8 Å². The summed E-state index contributed by atoms with van der Waals surface area (Å²) in [6, 6.07) is 17.6. The van der Waals surface area contributed by atoms with Crippen molar-refractivity contribution in [1.29, 1.82) is 0 Å². The van der Waals surface area contributed by atoms with Gasteiger partial charge in [0.15, 0.2) is 0 Å². The van der Waals surface area contributed by atoms with Crippen molar-refractivity contribution in [1.82, 2.24) is 5.43 Å². The van der Waals surface area contributed by atoms with Crippen molar-refractivity contribution in [2.45, 2.75) is 6.54 Å². The molecule has 0 aliphatic rings. The van der Waals surface area contributed by atoms with Gasteiger partial charge in [0.1, 0.15) is 11.5 Å². The number of benzene rings is 2. The molecule has 0 saturated carbocycles. The topological polar surface area (TPSA) is 74.8 Å². The van der Waals surface area contributed by atoms with Crippen LogP contribution in [0, 0.1) is 0 Å². The molecule has 5 nitrogen and oxygen atoms in total. The number of aromatic carboxylic acids is 1. The van der Waals surface area contributed by atoms with Crippen LogP contribution in [-0.4, -0.2) is 17.3 Å². The number of hydrogen-bond acceptors (Lipinski definition) is 4. The van der Waals surface area contributed by atoms with Crippen LogP contribution < -0.4 is 5.43 Å². The fraction of sp³-hybridized carbons (Fsp3) is 0.0526. The van der Waals surface area contributed by atoms with Gasteiger partial charge >= 0.3 is 5.97 Å². The molecule has 0 aliphatic carbocycles. The summed E-state index contributed by atoms with van der Waals surface area (Å²) in [5, 5.41) is 13.7. The van der Waals surface area contributed by atoms with Gasteiger partial charge < -0.3 is 14.9 Å². The van der Waals surface area contributed by atoms with Gasteiger partial charge in [-0.1, -0.05) is 35.9 Å². The molecule has 0 fully saturated rings. The number of hydrogen-bond donors (Lipinski definition) is 2. The highest BCUT2D eigenvalue weighted by Crippen LogP contribution is 2.22. The summed E-state index contributed by atoms with van der Waals surface area (Å²) in [6.07, 6.45) is 1.59. The molecular weight excluding hydrogens is 340 g/mol. The highest BCUT2D eigenvalue weighted by molar-refractivity contribution is 6.30. The maximum Gasteiger partial charge on any atom is 0.335 e. The largest absolute Gasteiger partial charge is 0.478 e. The van der Waals surface area contributed by atoms with Crippen molar-refractivity contribution in [2.75, 3.05) is 0 Å². The Morgan fingerprint density at radius 1 is 1.08 bits per heavy atom. The van der Waals surface area contributed by atoms with Gasteiger partial charge in [-0.05, 0) is 42.0 Å². The van der Waals surface area contributed by atoms with Crippen molar-refractivity contribution in [3.8, 4) is 11.3 Å². The van der Waals surface area contributed by atoms with Crippen LogP contribution in [0.2, 0.25) is 5.02 Å². The van der Waals surface area contributed by atoms with E-state index in [0.29, 0.717) is 23.1 Å². The summed E-state index contributed by atoms with van der Waals surface area (Å²) in [5.41, 5.74) is 5.05. The molecule has 0 aliphatic heterocycles. The first kappa shape index (κ1) is 16.8. The van der Waals surface area contributed by atoms with E-state index >= 15 is 0 Å². The Bertz CT molecular complexity index is 884. The van der Waals surface area contributed by atoms with E-state index in [1.807, 2.05) is 30.3 Å². The molecule has 6 heteroatoms. The average Bonchev–Trinajstić information content (AvgIpc) is 3.09. The zero-order valence-electron chi connectivity index (χ0n) is 13.1. The van der Waals surface area contributed by atoms with E-state index in [1.54, 1.807) is 36.5 Å². The maximum atomic E-state index is 10.9. The third-order valence-electron chi connectivity index (χ3n) is 3.52. The van der Waals surface area contributed by atoms with E-state index in [4.69, 9.17) is 21.1 Å². The average molecular weight is 355 g/mol. The van der Waals surface area contributed by atoms with Crippen molar-refractivity contribution < 1.29 is 14.3 Å². The number of carboxylic acid groups (broad SMARTS) is 1. The second-order valence-corrected chi connectivity index (χ2v) is 5.74. The Morgan fingerprint density at radius 3 is 2.48 bits per heavy atom. The quantitative estimate of drug-likeness (QED) is 0.507. The van der Waals surface area contributed by atoms with Crippen LogP contribution in [-0.2, 0) is 6.54 Å². The SMILES string of the molecule is O=C(O)c1ccc(-c2ccc(/C=N\NCc3ccc(Cl)cc3)o2)cc1. The van der Waals surface area contributed by atoms with E-state index in [-0.39, 0.29) is 5.56 Å². The lowest BCUT2D eigenvalue weighted by Crippen LogP contribution is -2.05. The smallest absolute Gasteiger partial charge is 0.335 e. The van der Waals surface area contributed by atoms with Gasteiger partial charge in [0, 0.05) is 10.6 Å². The van der Waals surface area contributed by atoms with Gasteiger partial charge in [-0.15, -0.1) is 0 Å². The molecule has 0 atom stereocenters. The molecule has 3 rings (SSSR count). The van der Waals surface area contributed by atoms with E-state index in [2.05, 4.69) is 10.5 Å². The van der Waals surface area contributed by atoms with Crippen molar-refractivity contribution in [3.05, 3.63) is 82.6 Å². The highest BCUT2D eigenvalue weighted by Gasteiger charge is 2.06. The number of carboxylic acids is 1. The van der Waals surface area contributed by atoms with Gasteiger partial charge in [-0.25, -0.2) is 4.79 Å². The van der Waals surface area contributed by atoms with Crippen LogP contribution in [0.15, 0.2) is 70.2 Å². The summed E-state index contributed by atoms with van der Waals surface area (Å²) in [6.45, 7) is 0.581. The predicted octanol–water partition coefficient (Wildman–Crippen LogP) is 4.42. The lowest BCUT2D eigenvalue weighted by atomic mass is 10.1. The molecule has 2 aromatic carbocycles. The Morgan fingerprint density at radius 2 is 1.80 bits per heavy atom. The molecule has 0 spiro atoms. The number of nitrogens with one attached hydrogen (secondary N) is 1. The molecule has 0 bridgehead atoms. The minimum Gasteiger partial charge on any atom is -0.478 e. The fourth-order valence-electron chi connectivity index (χ4n) is 2.20. The van der Waals surface area contributed by atoms with Gasteiger partial charge in [-0.3, -0.25) is 0 Å². The van der Waals surface area contributed by atoms with Gasteiger partial charge in [0.2, 0.25) is 0 Å². The Kier molecular flexibility index (Phi) is 5.16. The molecule has 0 saturated heterocycles. The zero-order chi connectivity index (χ0) is 17.6. The lowest BCUT2D eigenvalue weighted by molar-refractivity contribution is 0.0697. The van der Waals surface area contributed by atoms with E-state index in [1.165, 1.54) is 0 Å². The molecule has 1 aromatic heterocycles. The van der Waals surface area contributed by atoms with Crippen LogP contribution in [0.5, 0.6) is 0 Å². The fourth-order valence-corrected chi connectivity index (χ4v) is 2.33. The summed E-state index contributed by atoms with van der Waals surface area (Å²) >= 11 is 5.84. The van der Waals surface area contributed by atoms with Gasteiger partial charge in [0.25, 0.3) is 0 Å². The van der Waals surface area contributed by atoms with Crippen molar-refractivity contribution in [2.24, 2.45) is 5.10 Å². The molecule has 3 aromatic rings. The molecule has 0 amide bonds. The van der Waals surface area contributed by atoms with E-state index in [9.17, 15) is 4.79 Å². The first-order valence-corrected chi connectivity index (χ1v) is 7.93. The summed E-state index contributed by atoms with van der Waals surface area (Å²) in [5.74, 6) is 0.294. The third kappa shape index (κ3) is 4.49. The molecule has 25 heavy (non-hydrogen) atoms. The highest BCUT2D eigenvalue weighted by atomic mass is 35.5. The van der Waals surface area contributed by atoms with E-state index < -0.39 is 5.97 Å². The summed E-state index contributed by atoms with van der Waals surface area (Å²) < 4.78 is 5.68. The monoisotopic (exact) mass is 354 g/mol. The lowest BCUT2D eigenvalue weighted by Gasteiger charge is -2.00. The maximum absolute atomic E-state index is 10.9. The van der Waals surface area contributed by atoms with Crippen molar-refractivity contribution in [3.63, 3.8) is 0 Å². The second kappa shape index (κ2) is 7.68. The number of nitrogens with zero attached hydrogens (tertiary/aromatic N) is 1. The van der Waals surface area contributed by atoms with Gasteiger partial charge in [0.05, 0.1) is 18.3 Å². The zero-order valence-corrected chi connectivity index (χ0v) is 13.9. The number of carbonyl (C=O) groups is 1. The van der Waals surface area contributed by atoms with Crippen LogP contribution in [0.4, 0.5) is 0 Å². The minimum absolute atomic E-state index is 0.239. The van der Waals surface area contributed by atoms with E-state index in [0.717, 1.165) is 11.1 Å². The van der Waals surface area contributed by atoms with Gasteiger partial charge in [-0.2, -0.15) is 5.10 Å². The normalized spacial score (nSPS) is 10.9. The number of rotatable bonds is 6. The number of hydrazone groups is 1. The number of furan rings is 1. The first-order valence-electron chi connectivity index (χ1n) is 7.56. The Labute approximate surface area is 149 Å². The molecule has 1 heterocycles. The summed E-state index contributed by atoms with van der Waals surface area (Å²) in [7, 11) is 0. The molecular formula is C19H15ClN2O3. The van der Waals surface area contributed by atoms with Crippen LogP contribution in [0.25, 0.3) is 11.3 Å². The summed E-state index contributed by atoms with van der Waals surface area (Å²) in [4.78, 5) is 10.9. The molecule has 0 unspecified atom stereocenters. The standard InChI is InChI=1S/C19H15ClN2O3/c20-16-7-1-13(2-8-16)11-21-22-12-17-9-10-18(25-17)14-3-5-15(6-4-14)19(23)24/h1-10,12,21H,11H2,(H,23,24)/b22-12-. The molecule has 2 N–H and O–H groups in total. The van der Waals surface area contributed by atoms with Crippen LogP contribution in [0.1, 0.15) is 21.7 Å². The first-order chi connectivity index (χ1) is 12.1. The van der Waals surface area contributed by atoms with Crippen LogP contribution in [0.3, 0.4) is 0 Å². The number of halogens is 1. The second-order valence-electron chi connectivity index (χ2n) is 5.30. The molecule has 0 radical (unpaired) electrons. The molecule has 126 valence electrons. The Balaban J connectivity index is 1.59. The Hall–Kier alpha value is -3.05. The van der Waals surface area contributed by atoms with Crippen LogP contribution >= 0.6 is 11.6 Å².